The van der Waals surface area contributed by atoms with Gasteiger partial charge in [-0.25, -0.2) is 0 Å². The summed E-state index contributed by atoms with van der Waals surface area (Å²) >= 11 is 0. The molecule has 5 heteroatoms. The summed E-state index contributed by atoms with van der Waals surface area (Å²) in [5.41, 5.74) is 0. The molecule has 1 aromatic carbocycles. The van der Waals surface area contributed by atoms with Crippen molar-refractivity contribution in [1.82, 2.24) is 0 Å². The van der Waals surface area contributed by atoms with Crippen molar-refractivity contribution in [2.75, 3.05) is 0 Å². The molecule has 0 aliphatic rings. The molecule has 0 fully saturated rings. The van der Waals surface area contributed by atoms with Crippen LogP contribution >= 0.6 is 0 Å². The van der Waals surface area contributed by atoms with Crippen LogP contribution in [-0.4, -0.2) is 18.1 Å². The molecule has 0 atom stereocenters. The van der Waals surface area contributed by atoms with E-state index >= 15 is 0 Å². The van der Waals surface area contributed by atoms with Gasteiger partial charge in [-0.2, -0.15) is 8.42 Å². The molecule has 0 spiro atoms. The first-order valence-corrected chi connectivity index (χ1v) is 6.12. The van der Waals surface area contributed by atoms with Crippen LogP contribution in [0.3, 0.4) is 0 Å². The van der Waals surface area contributed by atoms with Gasteiger partial charge in [-0.3, -0.25) is 4.55 Å². The molecule has 4 nitrogen and oxygen atoms in total. The number of hydrogen-bond donors (Lipinski definition) is 2. The Balaban J connectivity index is 0.000000423. The van der Waals surface area contributed by atoms with Gasteiger partial charge in [-0.1, -0.05) is 26.7 Å². The van der Waals surface area contributed by atoms with Crippen molar-refractivity contribution in [3.05, 3.63) is 24.3 Å². The Morgan fingerprint density at radius 1 is 1.07 bits per heavy atom. The Hall–Kier alpha value is -1.07. The third-order valence-corrected chi connectivity index (χ3v) is 2.50. The highest BCUT2D eigenvalue weighted by Crippen LogP contribution is 2.13. The van der Waals surface area contributed by atoms with Crippen LogP contribution in [0, 0.1) is 0 Å². The zero-order valence-corrected chi connectivity index (χ0v) is 9.66. The van der Waals surface area contributed by atoms with E-state index in [1.165, 1.54) is 25.0 Å². The summed E-state index contributed by atoms with van der Waals surface area (Å²) in [5.74, 6) is -0.0441. The molecule has 2 N–H and O–H groups in total. The Bertz CT molecular complexity index is 365. The highest BCUT2D eigenvalue weighted by molar-refractivity contribution is 7.85. The van der Waals surface area contributed by atoms with Crippen molar-refractivity contribution in [3.8, 4) is 5.75 Å². The number of hydrogen-bond acceptors (Lipinski definition) is 3. The molecule has 0 unspecified atom stereocenters. The molecule has 0 saturated heterocycles. The van der Waals surface area contributed by atoms with E-state index in [1.807, 2.05) is 0 Å². The van der Waals surface area contributed by atoms with Crippen molar-refractivity contribution in [3.63, 3.8) is 0 Å². The fourth-order valence-electron chi connectivity index (χ4n) is 0.618. The molecule has 86 valence electrons. The monoisotopic (exact) mass is 232 g/mol. The van der Waals surface area contributed by atoms with Crippen molar-refractivity contribution >= 4 is 10.1 Å². The van der Waals surface area contributed by atoms with Gasteiger partial charge in [-0.15, -0.1) is 0 Å². The van der Waals surface area contributed by atoms with Crippen LogP contribution in [0.25, 0.3) is 0 Å². The molecule has 0 amide bonds. The van der Waals surface area contributed by atoms with Gasteiger partial charge in [0, 0.05) is 0 Å². The molecule has 0 saturated carbocycles. The van der Waals surface area contributed by atoms with E-state index < -0.39 is 10.1 Å². The number of benzene rings is 1. The maximum absolute atomic E-state index is 10.4. The Labute approximate surface area is 90.3 Å². The molecular weight excluding hydrogens is 216 g/mol. The maximum Gasteiger partial charge on any atom is 0.294 e. The summed E-state index contributed by atoms with van der Waals surface area (Å²) in [6, 6.07) is 4.60. The second-order valence-corrected chi connectivity index (χ2v) is 4.39. The Morgan fingerprint density at radius 3 is 1.73 bits per heavy atom. The Morgan fingerprint density at radius 2 is 1.47 bits per heavy atom. The first kappa shape index (κ1) is 13.9. The summed E-state index contributed by atoms with van der Waals surface area (Å²) in [4.78, 5) is -0.227. The maximum atomic E-state index is 10.4. The lowest BCUT2D eigenvalue weighted by Crippen LogP contribution is -1.96. The average molecular weight is 232 g/mol. The topological polar surface area (TPSA) is 74.6 Å². The Kier molecular flexibility index (Phi) is 5.96. The predicted molar refractivity (Wildman–Crippen MR) is 58.5 cm³/mol. The number of rotatable bonds is 2. The SMILES string of the molecule is CCCC.O=S(=O)(O)c1ccc(O)cc1. The van der Waals surface area contributed by atoms with Gasteiger partial charge in [0.2, 0.25) is 0 Å². The molecule has 0 bridgehead atoms. The fraction of sp³-hybridized carbons (Fsp3) is 0.400. The molecule has 0 aromatic heterocycles. The summed E-state index contributed by atoms with van der Waals surface area (Å²) < 4.78 is 29.3. The van der Waals surface area contributed by atoms with Gasteiger partial charge in [0.15, 0.2) is 0 Å². The van der Waals surface area contributed by atoms with Crippen molar-refractivity contribution < 1.29 is 18.1 Å². The second kappa shape index (κ2) is 6.42. The van der Waals surface area contributed by atoms with E-state index in [2.05, 4.69) is 13.8 Å². The standard InChI is InChI=1S/C6H6O4S.C4H10/c7-5-1-3-6(4-2-5)11(8,9)10;1-3-4-2/h1-4,7H,(H,8,9,10);3-4H2,1-2H3. The zero-order chi connectivity index (χ0) is 11.9. The smallest absolute Gasteiger partial charge is 0.294 e. The van der Waals surface area contributed by atoms with Gasteiger partial charge in [-0.05, 0) is 24.3 Å². The third-order valence-electron chi connectivity index (χ3n) is 1.63. The molecular formula is C10H16O4S. The lowest BCUT2D eigenvalue weighted by atomic mass is 10.3. The first-order chi connectivity index (χ1) is 6.91. The normalized spacial score (nSPS) is 10.3. The molecule has 0 heterocycles. The van der Waals surface area contributed by atoms with Crippen LogP contribution in [0.2, 0.25) is 0 Å². The molecule has 0 aliphatic carbocycles. The molecule has 0 radical (unpaired) electrons. The van der Waals surface area contributed by atoms with Crippen LogP contribution < -0.4 is 0 Å². The summed E-state index contributed by atoms with van der Waals surface area (Å²) in [5, 5.41) is 8.75. The quantitative estimate of drug-likeness (QED) is 0.768. The molecule has 0 aliphatic heterocycles. The van der Waals surface area contributed by atoms with Gasteiger partial charge >= 0.3 is 0 Å². The molecule has 1 rings (SSSR count). The molecule has 1 aromatic rings. The van der Waals surface area contributed by atoms with Gasteiger partial charge in [0.25, 0.3) is 10.1 Å². The number of unbranched alkanes of at least 4 members (excludes halogenated alkanes) is 1. The largest absolute Gasteiger partial charge is 0.508 e. The lowest BCUT2D eigenvalue weighted by molar-refractivity contribution is 0.472. The third kappa shape index (κ3) is 6.09. The van der Waals surface area contributed by atoms with Crippen LogP contribution in [0.4, 0.5) is 0 Å². The number of phenolic OH excluding ortho intramolecular Hbond substituents is 1. The predicted octanol–water partition coefficient (Wildman–Crippen LogP) is 2.45. The zero-order valence-electron chi connectivity index (χ0n) is 8.84. The minimum atomic E-state index is -4.13. The van der Waals surface area contributed by atoms with Crippen LogP contribution in [0.15, 0.2) is 29.2 Å². The van der Waals surface area contributed by atoms with E-state index in [9.17, 15) is 8.42 Å². The summed E-state index contributed by atoms with van der Waals surface area (Å²) in [6.07, 6.45) is 2.64. The van der Waals surface area contributed by atoms with Crippen molar-refractivity contribution in [1.29, 1.82) is 0 Å². The fourth-order valence-corrected chi connectivity index (χ4v) is 1.10. The van der Waals surface area contributed by atoms with E-state index in [1.54, 1.807) is 0 Å². The molecule has 15 heavy (non-hydrogen) atoms. The first-order valence-electron chi connectivity index (χ1n) is 4.68. The van der Waals surface area contributed by atoms with Crippen LogP contribution in [0.1, 0.15) is 26.7 Å². The number of phenols is 1. The van der Waals surface area contributed by atoms with E-state index in [0.717, 1.165) is 12.1 Å². The van der Waals surface area contributed by atoms with Gasteiger partial charge in [0.1, 0.15) is 5.75 Å². The number of aromatic hydroxyl groups is 1. The van der Waals surface area contributed by atoms with Crippen molar-refractivity contribution in [2.45, 2.75) is 31.6 Å². The van der Waals surface area contributed by atoms with Crippen LogP contribution in [0.5, 0.6) is 5.75 Å². The minimum absolute atomic E-state index is 0.0441. The summed E-state index contributed by atoms with van der Waals surface area (Å²) in [6.45, 7) is 4.36. The van der Waals surface area contributed by atoms with E-state index in [0.29, 0.717) is 0 Å². The lowest BCUT2D eigenvalue weighted by Gasteiger charge is -1.94. The van der Waals surface area contributed by atoms with E-state index in [4.69, 9.17) is 9.66 Å². The highest BCUT2D eigenvalue weighted by Gasteiger charge is 2.07. The minimum Gasteiger partial charge on any atom is -0.508 e. The average Bonchev–Trinajstić information content (AvgIpc) is 2.17. The van der Waals surface area contributed by atoms with Crippen molar-refractivity contribution in [2.24, 2.45) is 0 Å². The summed E-state index contributed by atoms with van der Waals surface area (Å²) in [7, 11) is -4.13. The second-order valence-electron chi connectivity index (χ2n) is 2.97. The van der Waals surface area contributed by atoms with Crippen LogP contribution in [-0.2, 0) is 10.1 Å². The van der Waals surface area contributed by atoms with E-state index in [-0.39, 0.29) is 10.6 Å². The highest BCUT2D eigenvalue weighted by atomic mass is 32.2. The van der Waals surface area contributed by atoms with Gasteiger partial charge in [0.05, 0.1) is 4.90 Å². The van der Waals surface area contributed by atoms with Gasteiger partial charge < -0.3 is 5.11 Å².